The third-order valence-electron chi connectivity index (χ3n) is 2.57. The molecule has 1 N–H and O–H groups in total. The van der Waals surface area contributed by atoms with Crippen molar-refractivity contribution in [3.8, 4) is 0 Å². The molecule has 1 aromatic heterocycles. The van der Waals surface area contributed by atoms with Crippen molar-refractivity contribution in [1.29, 1.82) is 0 Å². The number of fused-ring (bicyclic) bond motifs is 1. The number of hydrogen-bond donors (Lipinski definition) is 1. The molecule has 0 saturated carbocycles. The van der Waals surface area contributed by atoms with Gasteiger partial charge >= 0.3 is 0 Å². The van der Waals surface area contributed by atoms with Crippen LogP contribution in [0.4, 0.5) is 0 Å². The van der Waals surface area contributed by atoms with Crippen molar-refractivity contribution in [2.24, 2.45) is 0 Å². The lowest BCUT2D eigenvalue weighted by Gasteiger charge is -2.08. The van der Waals surface area contributed by atoms with Gasteiger partial charge in [-0.2, -0.15) is 0 Å². The van der Waals surface area contributed by atoms with E-state index in [0.29, 0.717) is 17.0 Å². The normalized spacial score (nSPS) is 11.2. The molecule has 17 heavy (non-hydrogen) atoms. The Hall–Kier alpha value is -1.87. The fourth-order valence-electron chi connectivity index (χ4n) is 1.73. The van der Waals surface area contributed by atoms with Crippen molar-refractivity contribution in [3.05, 3.63) is 46.3 Å². The van der Waals surface area contributed by atoms with Crippen molar-refractivity contribution < 1.29 is 9.90 Å². The van der Waals surface area contributed by atoms with Crippen LogP contribution in [-0.2, 0) is 0 Å². The Kier molecular flexibility index (Phi) is 3.11. The van der Waals surface area contributed by atoms with Gasteiger partial charge in [-0.25, -0.2) is 4.98 Å². The lowest BCUT2D eigenvalue weighted by atomic mass is 10.1. The van der Waals surface area contributed by atoms with Crippen LogP contribution < -0.4 is 0 Å². The van der Waals surface area contributed by atoms with Gasteiger partial charge in [-0.3, -0.25) is 4.79 Å². The molecule has 2 aromatic rings. The number of rotatable bonds is 2. The van der Waals surface area contributed by atoms with Crippen molar-refractivity contribution in [2.75, 3.05) is 0 Å². The number of hydrogen-bond acceptors (Lipinski definition) is 3. The van der Waals surface area contributed by atoms with Crippen molar-refractivity contribution in [2.45, 2.75) is 6.92 Å². The topological polar surface area (TPSA) is 50.2 Å². The summed E-state index contributed by atoms with van der Waals surface area (Å²) in [6.07, 6.45) is 2.84. The van der Waals surface area contributed by atoms with E-state index in [-0.39, 0.29) is 5.56 Å². The molecule has 0 aliphatic carbocycles. The van der Waals surface area contributed by atoms with E-state index in [4.69, 9.17) is 16.7 Å². The molecule has 0 aliphatic heterocycles. The Labute approximate surface area is 103 Å². The molecule has 0 radical (unpaired) electrons. The van der Waals surface area contributed by atoms with Crippen LogP contribution in [0.5, 0.6) is 0 Å². The highest BCUT2D eigenvalue weighted by atomic mass is 35.5. The molecule has 2 rings (SSSR count). The van der Waals surface area contributed by atoms with Gasteiger partial charge in [0, 0.05) is 5.39 Å². The highest BCUT2D eigenvalue weighted by Gasteiger charge is 2.12. The van der Waals surface area contributed by atoms with Gasteiger partial charge in [0.15, 0.2) is 6.29 Å². The number of aliphatic hydroxyl groups excluding tert-OH is 1. The molecule has 86 valence electrons. The van der Waals surface area contributed by atoms with Gasteiger partial charge in [-0.15, -0.1) is 0 Å². The third kappa shape index (κ3) is 1.89. The zero-order chi connectivity index (χ0) is 12.4. The summed E-state index contributed by atoms with van der Waals surface area (Å²) in [5.41, 5.74) is 2.36. The number of aryl methyl sites for hydroxylation is 1. The molecule has 0 aliphatic rings. The average Bonchev–Trinajstić information content (AvgIpc) is 2.32. The molecule has 0 fully saturated rings. The number of aliphatic hydroxyl groups is 1. The first kappa shape index (κ1) is 11.6. The van der Waals surface area contributed by atoms with Gasteiger partial charge in [0.2, 0.25) is 0 Å². The zero-order valence-electron chi connectivity index (χ0n) is 9.14. The van der Waals surface area contributed by atoms with Gasteiger partial charge in [-0.1, -0.05) is 29.8 Å². The molecule has 0 unspecified atom stereocenters. The van der Waals surface area contributed by atoms with E-state index in [1.165, 1.54) is 6.08 Å². The lowest BCUT2D eigenvalue weighted by molar-refractivity contribution is 0.112. The number of aromatic nitrogens is 1. The van der Waals surface area contributed by atoms with Crippen LogP contribution >= 0.6 is 11.6 Å². The second-order valence-electron chi connectivity index (χ2n) is 3.63. The number of carbonyl (C=O) groups excluding carboxylic acids is 1. The highest BCUT2D eigenvalue weighted by Crippen LogP contribution is 2.29. The number of carbonyl (C=O) groups is 1. The van der Waals surface area contributed by atoms with Crippen LogP contribution in [0.2, 0.25) is 5.02 Å². The minimum absolute atomic E-state index is 0.287. The zero-order valence-corrected chi connectivity index (χ0v) is 9.90. The molecular formula is C13H10ClNO2. The minimum atomic E-state index is 0.287. The van der Waals surface area contributed by atoms with Crippen LogP contribution in [0, 0.1) is 6.92 Å². The summed E-state index contributed by atoms with van der Waals surface area (Å²) in [6.45, 7) is 1.92. The van der Waals surface area contributed by atoms with E-state index in [2.05, 4.69) is 4.98 Å². The number of pyridine rings is 1. The summed E-state index contributed by atoms with van der Waals surface area (Å²) in [7, 11) is 0. The predicted octanol–water partition coefficient (Wildman–Crippen LogP) is 3.54. The first-order chi connectivity index (χ1) is 8.19. The summed E-state index contributed by atoms with van der Waals surface area (Å²) in [5, 5.41) is 9.89. The third-order valence-corrected chi connectivity index (χ3v) is 2.98. The molecule has 0 amide bonds. The Bertz CT molecular complexity index is 620. The van der Waals surface area contributed by atoms with Crippen molar-refractivity contribution >= 4 is 34.9 Å². The summed E-state index contributed by atoms with van der Waals surface area (Å²) < 4.78 is 0. The smallest absolute Gasteiger partial charge is 0.153 e. The van der Waals surface area contributed by atoms with E-state index < -0.39 is 0 Å². The minimum Gasteiger partial charge on any atom is -0.516 e. The molecule has 0 bridgehead atoms. The Morgan fingerprint density at radius 2 is 2.18 bits per heavy atom. The monoisotopic (exact) mass is 247 g/mol. The van der Waals surface area contributed by atoms with Crippen LogP contribution in [-0.4, -0.2) is 16.4 Å². The number of nitrogens with zero attached hydrogens (tertiary/aromatic N) is 1. The summed E-state index contributed by atoms with van der Waals surface area (Å²) in [4.78, 5) is 15.3. The highest BCUT2D eigenvalue weighted by molar-refractivity contribution is 6.38. The summed E-state index contributed by atoms with van der Waals surface area (Å²) >= 11 is 6.17. The fraction of sp³-hybridized carbons (Fsp3) is 0.0769. The standard InChI is InChI=1S/C13H10ClNO2/c1-8-3-2-4-9-12(14)10(7-17)11(5-6-16)15-13(8)9/h2-7,16H,1H3/b6-5+. The molecule has 1 aromatic carbocycles. The predicted molar refractivity (Wildman–Crippen MR) is 68.5 cm³/mol. The van der Waals surface area contributed by atoms with Gasteiger partial charge in [-0.05, 0) is 18.6 Å². The van der Waals surface area contributed by atoms with Gasteiger partial charge in [0.05, 0.1) is 28.1 Å². The van der Waals surface area contributed by atoms with Gasteiger partial charge < -0.3 is 5.11 Å². The van der Waals surface area contributed by atoms with Crippen LogP contribution in [0.25, 0.3) is 17.0 Å². The number of halogens is 1. The maximum absolute atomic E-state index is 11.0. The Morgan fingerprint density at radius 1 is 1.41 bits per heavy atom. The van der Waals surface area contributed by atoms with Crippen LogP contribution in [0.15, 0.2) is 24.5 Å². The molecule has 0 spiro atoms. The molecule has 3 nitrogen and oxygen atoms in total. The summed E-state index contributed by atoms with van der Waals surface area (Å²) in [5.74, 6) is 0. The lowest BCUT2D eigenvalue weighted by Crippen LogP contribution is -1.96. The maximum Gasteiger partial charge on any atom is 0.153 e. The molecule has 1 heterocycles. The van der Waals surface area contributed by atoms with Crippen molar-refractivity contribution in [3.63, 3.8) is 0 Å². The fourth-order valence-corrected chi connectivity index (χ4v) is 2.03. The molecule has 0 saturated heterocycles. The molecular weight excluding hydrogens is 238 g/mol. The number of benzene rings is 1. The van der Waals surface area contributed by atoms with Gasteiger partial charge in [0.25, 0.3) is 0 Å². The van der Waals surface area contributed by atoms with E-state index in [1.54, 1.807) is 0 Å². The molecule has 0 atom stereocenters. The average molecular weight is 248 g/mol. The van der Waals surface area contributed by atoms with Crippen molar-refractivity contribution in [1.82, 2.24) is 4.98 Å². The Morgan fingerprint density at radius 3 is 2.82 bits per heavy atom. The number of aldehydes is 1. The van der Waals surface area contributed by atoms with E-state index in [9.17, 15) is 4.79 Å². The second kappa shape index (κ2) is 4.55. The maximum atomic E-state index is 11.0. The second-order valence-corrected chi connectivity index (χ2v) is 4.01. The largest absolute Gasteiger partial charge is 0.516 e. The number of para-hydroxylation sites is 1. The van der Waals surface area contributed by atoms with Crippen LogP contribution in [0.3, 0.4) is 0 Å². The first-order valence-corrected chi connectivity index (χ1v) is 5.41. The van der Waals surface area contributed by atoms with E-state index in [1.807, 2.05) is 25.1 Å². The van der Waals surface area contributed by atoms with E-state index >= 15 is 0 Å². The van der Waals surface area contributed by atoms with E-state index in [0.717, 1.165) is 22.7 Å². The van der Waals surface area contributed by atoms with Gasteiger partial charge in [0.1, 0.15) is 0 Å². The quantitative estimate of drug-likeness (QED) is 0.652. The SMILES string of the molecule is Cc1cccc2c(Cl)c(C=O)c(/C=C/O)nc12. The summed E-state index contributed by atoms with van der Waals surface area (Å²) in [6, 6.07) is 5.59. The van der Waals surface area contributed by atoms with Crippen LogP contribution in [0.1, 0.15) is 21.6 Å². The first-order valence-electron chi connectivity index (χ1n) is 5.03. The Balaban J connectivity index is 2.92. The molecule has 4 heteroatoms.